The molecule has 1 aliphatic heterocycles. The van der Waals surface area contributed by atoms with Crippen LogP contribution in [0.3, 0.4) is 0 Å². The van der Waals surface area contributed by atoms with Crippen LogP contribution in [0.1, 0.15) is 38.2 Å². The predicted molar refractivity (Wildman–Crippen MR) is 149 cm³/mol. The van der Waals surface area contributed by atoms with Gasteiger partial charge in [0.2, 0.25) is 0 Å². The van der Waals surface area contributed by atoms with E-state index in [0.717, 1.165) is 24.7 Å². The molecule has 0 spiro atoms. The van der Waals surface area contributed by atoms with Gasteiger partial charge >= 0.3 is 6.18 Å². The Hall–Kier alpha value is -4.53. The Morgan fingerprint density at radius 2 is 1.83 bits per heavy atom. The third kappa shape index (κ3) is 6.98. The summed E-state index contributed by atoms with van der Waals surface area (Å²) in [5, 5.41) is 9.25. The summed E-state index contributed by atoms with van der Waals surface area (Å²) in [5.41, 5.74) is 2.55. The van der Waals surface area contributed by atoms with E-state index in [-0.39, 0.29) is 23.4 Å². The van der Waals surface area contributed by atoms with Crippen molar-refractivity contribution in [2.75, 3.05) is 38.5 Å². The van der Waals surface area contributed by atoms with Crippen LogP contribution in [0.5, 0.6) is 0 Å². The van der Waals surface area contributed by atoms with E-state index in [9.17, 15) is 18.0 Å². The quantitative estimate of drug-likeness (QED) is 0.348. The molecule has 2 N–H and O–H groups in total. The molecule has 1 fully saturated rings. The Labute approximate surface area is 235 Å². The molecule has 1 aliphatic rings. The molecule has 11 heteroatoms. The molecule has 0 atom stereocenters. The number of H-pyrrole nitrogens is 1. The molecule has 41 heavy (non-hydrogen) atoms. The highest BCUT2D eigenvalue weighted by Crippen LogP contribution is 2.34. The van der Waals surface area contributed by atoms with Crippen LogP contribution in [-0.2, 0) is 12.7 Å². The summed E-state index contributed by atoms with van der Waals surface area (Å²) in [6, 6.07) is 12.5. The number of nitrogens with one attached hydrogen (secondary N) is 2. The fraction of sp³-hybridized carbons (Fsp3) is 0.267. The number of amides is 1. The molecule has 5 rings (SSSR count). The minimum absolute atomic E-state index is 0.0789. The lowest BCUT2D eigenvalue weighted by molar-refractivity contribution is -0.138. The fourth-order valence-electron chi connectivity index (χ4n) is 4.48. The Morgan fingerprint density at radius 3 is 2.51 bits per heavy atom. The lowest BCUT2D eigenvalue weighted by atomic mass is 10.0. The number of carbonyl (C=O) groups excluding carboxylic acids is 1. The average molecular weight is 560 g/mol. The van der Waals surface area contributed by atoms with Crippen molar-refractivity contribution in [3.05, 3.63) is 94.4 Å². The van der Waals surface area contributed by atoms with Crippen LogP contribution in [0.2, 0.25) is 0 Å². The number of halogens is 3. The predicted octanol–water partition coefficient (Wildman–Crippen LogP) is 4.59. The molecule has 4 aromatic rings. The van der Waals surface area contributed by atoms with Crippen molar-refractivity contribution >= 4 is 11.6 Å². The maximum absolute atomic E-state index is 14.0. The highest BCUT2D eigenvalue weighted by molar-refractivity contribution is 6.04. The summed E-state index contributed by atoms with van der Waals surface area (Å²) < 4.78 is 41.9. The Kier molecular flexibility index (Phi) is 8.14. The van der Waals surface area contributed by atoms with Crippen LogP contribution in [0.4, 0.5) is 18.9 Å². The summed E-state index contributed by atoms with van der Waals surface area (Å²) in [6.45, 7) is 5.10. The molecule has 8 nitrogen and oxygen atoms in total. The molecule has 0 unspecified atom stereocenters. The van der Waals surface area contributed by atoms with E-state index in [4.69, 9.17) is 0 Å². The van der Waals surface area contributed by atoms with Crippen LogP contribution in [0, 0.1) is 18.8 Å². The number of carbonyl (C=O) groups is 1. The zero-order valence-electron chi connectivity index (χ0n) is 22.6. The van der Waals surface area contributed by atoms with Gasteiger partial charge in [-0.2, -0.15) is 18.3 Å². The minimum Gasteiger partial charge on any atom is -0.322 e. The number of aryl methyl sites for hydroxylation is 1. The van der Waals surface area contributed by atoms with Gasteiger partial charge in [-0.1, -0.05) is 24.0 Å². The van der Waals surface area contributed by atoms with Crippen molar-refractivity contribution in [3.63, 3.8) is 0 Å². The van der Waals surface area contributed by atoms with Crippen molar-refractivity contribution in [1.29, 1.82) is 0 Å². The number of anilines is 1. The maximum Gasteiger partial charge on any atom is 0.416 e. The molecule has 2 aromatic heterocycles. The number of hydrogen-bond donors (Lipinski definition) is 2. The van der Waals surface area contributed by atoms with Gasteiger partial charge in [0.25, 0.3) is 5.91 Å². The van der Waals surface area contributed by atoms with Crippen LogP contribution in [-0.4, -0.2) is 69.1 Å². The Bertz CT molecular complexity index is 1580. The van der Waals surface area contributed by atoms with Crippen molar-refractivity contribution < 1.29 is 18.0 Å². The first-order chi connectivity index (χ1) is 19.7. The molecular weight excluding hydrogens is 531 g/mol. The largest absolute Gasteiger partial charge is 0.416 e. The second-order valence-corrected chi connectivity index (χ2v) is 9.94. The van der Waals surface area contributed by atoms with E-state index in [1.54, 1.807) is 36.5 Å². The van der Waals surface area contributed by atoms with E-state index >= 15 is 0 Å². The minimum atomic E-state index is -4.54. The third-order valence-electron chi connectivity index (χ3n) is 6.91. The molecule has 1 amide bonds. The summed E-state index contributed by atoms with van der Waals surface area (Å²) >= 11 is 0. The number of aromatic amines is 1. The summed E-state index contributed by atoms with van der Waals surface area (Å²) in [6.07, 6.45) is -1.47. The monoisotopic (exact) mass is 559 g/mol. The van der Waals surface area contributed by atoms with Gasteiger partial charge in [0, 0.05) is 61.3 Å². The van der Waals surface area contributed by atoms with Crippen molar-refractivity contribution in [2.45, 2.75) is 19.6 Å². The van der Waals surface area contributed by atoms with E-state index in [2.05, 4.69) is 42.2 Å². The zero-order valence-corrected chi connectivity index (χ0v) is 22.6. The number of piperazine rings is 1. The molecule has 2 aromatic carbocycles. The second-order valence-electron chi connectivity index (χ2n) is 9.94. The Balaban J connectivity index is 1.31. The topological polar surface area (TPSA) is 90.0 Å². The highest BCUT2D eigenvalue weighted by atomic mass is 19.4. The molecule has 210 valence electrons. The van der Waals surface area contributed by atoms with Crippen molar-refractivity contribution in [2.24, 2.45) is 0 Å². The standard InChI is InChI=1S/C30H28F3N7O/c1-20-3-6-23(15-22(20)7-4-21-5-10-27(34-17-21)28-35-19-36-38-28)29(41)37-25-9-8-24(26(16-25)30(31,32)33)18-40-13-11-39(2)12-14-40/h3,5-6,8-10,15-17,19H,11-14,18H2,1-2H3,(H,37,41)(H,35,36,38). The normalized spacial score (nSPS) is 14.4. The third-order valence-corrected chi connectivity index (χ3v) is 6.91. The first-order valence-electron chi connectivity index (χ1n) is 13.0. The van der Waals surface area contributed by atoms with Crippen LogP contribution < -0.4 is 5.32 Å². The molecule has 0 bridgehead atoms. The molecule has 0 aliphatic carbocycles. The number of aromatic nitrogens is 4. The van der Waals surface area contributed by atoms with E-state index in [1.807, 2.05) is 18.9 Å². The highest BCUT2D eigenvalue weighted by Gasteiger charge is 2.34. The lowest BCUT2D eigenvalue weighted by Gasteiger charge is -2.33. The number of benzene rings is 2. The second kappa shape index (κ2) is 11.9. The van der Waals surface area contributed by atoms with Crippen LogP contribution in [0.25, 0.3) is 11.5 Å². The van der Waals surface area contributed by atoms with Gasteiger partial charge in [0.15, 0.2) is 5.82 Å². The molecular formula is C30H28F3N7O. The Morgan fingerprint density at radius 1 is 1.02 bits per heavy atom. The average Bonchev–Trinajstić information content (AvgIpc) is 3.49. The fourth-order valence-corrected chi connectivity index (χ4v) is 4.48. The van der Waals surface area contributed by atoms with Crippen LogP contribution in [0.15, 0.2) is 61.1 Å². The lowest BCUT2D eigenvalue weighted by Crippen LogP contribution is -2.44. The SMILES string of the molecule is Cc1ccc(C(=O)Nc2ccc(CN3CCN(C)CC3)c(C(F)(F)F)c2)cc1C#Cc1ccc(-c2nc[nH]n2)nc1. The van der Waals surface area contributed by atoms with Crippen LogP contribution >= 0.6 is 0 Å². The number of alkyl halides is 3. The molecule has 0 saturated carbocycles. The summed E-state index contributed by atoms with van der Waals surface area (Å²) in [5.74, 6) is 6.04. The van der Waals surface area contributed by atoms with E-state index in [1.165, 1.54) is 18.5 Å². The van der Waals surface area contributed by atoms with Gasteiger partial charge in [0.05, 0.1) is 5.56 Å². The summed E-state index contributed by atoms with van der Waals surface area (Å²) in [7, 11) is 2.00. The smallest absolute Gasteiger partial charge is 0.322 e. The van der Waals surface area contributed by atoms with Crippen molar-refractivity contribution in [1.82, 2.24) is 30.0 Å². The van der Waals surface area contributed by atoms with E-state index < -0.39 is 17.6 Å². The molecule has 0 radical (unpaired) electrons. The maximum atomic E-state index is 14.0. The van der Waals surface area contributed by atoms with Gasteiger partial charge < -0.3 is 10.2 Å². The zero-order chi connectivity index (χ0) is 29.0. The first-order valence-corrected chi connectivity index (χ1v) is 13.0. The van der Waals surface area contributed by atoms with Gasteiger partial charge in [-0.25, -0.2) is 4.98 Å². The number of hydrogen-bond acceptors (Lipinski definition) is 6. The first kappa shape index (κ1) is 28.0. The summed E-state index contributed by atoms with van der Waals surface area (Å²) in [4.78, 5) is 25.6. The number of rotatable bonds is 5. The van der Waals surface area contributed by atoms with Gasteiger partial charge in [0.1, 0.15) is 12.0 Å². The molecule has 3 heterocycles. The van der Waals surface area contributed by atoms with Crippen molar-refractivity contribution in [3.8, 4) is 23.4 Å². The number of nitrogens with zero attached hydrogens (tertiary/aromatic N) is 5. The van der Waals surface area contributed by atoms with E-state index in [0.29, 0.717) is 35.7 Å². The number of pyridine rings is 1. The number of likely N-dealkylation sites (N-methyl/N-ethyl adjacent to an activating group) is 1. The van der Waals surface area contributed by atoms with Gasteiger partial charge in [-0.3, -0.25) is 19.8 Å². The molecule has 1 saturated heterocycles. The van der Waals surface area contributed by atoms with Gasteiger partial charge in [-0.05, 0) is 61.5 Å². The van der Waals surface area contributed by atoms with Gasteiger partial charge in [-0.15, -0.1) is 0 Å².